The lowest BCUT2D eigenvalue weighted by molar-refractivity contribution is -0.129. The SMILES string of the molecule is CC(=O)N1CCC[C@@H]1c1nc(C)ncc1CNC(=O)c1ccno1. The summed E-state index contributed by atoms with van der Waals surface area (Å²) >= 11 is 0. The first-order chi connectivity index (χ1) is 11.6. The number of nitrogens with zero attached hydrogens (tertiary/aromatic N) is 4. The third-order valence-electron chi connectivity index (χ3n) is 4.09. The first kappa shape index (κ1) is 16.1. The number of amides is 2. The van der Waals surface area contributed by atoms with E-state index >= 15 is 0 Å². The monoisotopic (exact) mass is 329 g/mol. The molecule has 0 aliphatic carbocycles. The lowest BCUT2D eigenvalue weighted by Crippen LogP contribution is -2.30. The third-order valence-corrected chi connectivity index (χ3v) is 4.09. The predicted molar refractivity (Wildman–Crippen MR) is 83.8 cm³/mol. The zero-order chi connectivity index (χ0) is 17.1. The van der Waals surface area contributed by atoms with Crippen LogP contribution in [0, 0.1) is 6.92 Å². The lowest BCUT2D eigenvalue weighted by Gasteiger charge is -2.24. The summed E-state index contributed by atoms with van der Waals surface area (Å²) in [6.07, 6.45) is 4.92. The number of carbonyl (C=O) groups excluding carboxylic acids is 2. The van der Waals surface area contributed by atoms with Crippen LogP contribution in [0.4, 0.5) is 0 Å². The highest BCUT2D eigenvalue weighted by molar-refractivity contribution is 5.91. The van der Waals surface area contributed by atoms with Gasteiger partial charge in [0.05, 0.1) is 17.9 Å². The van der Waals surface area contributed by atoms with Gasteiger partial charge < -0.3 is 14.7 Å². The number of carbonyl (C=O) groups is 2. The smallest absolute Gasteiger partial charge is 0.290 e. The van der Waals surface area contributed by atoms with E-state index in [0.717, 1.165) is 30.6 Å². The molecule has 8 nitrogen and oxygen atoms in total. The van der Waals surface area contributed by atoms with E-state index in [2.05, 4.69) is 20.4 Å². The predicted octanol–water partition coefficient (Wildman–Crippen LogP) is 1.39. The van der Waals surface area contributed by atoms with Gasteiger partial charge in [-0.05, 0) is 19.8 Å². The topological polar surface area (TPSA) is 101 Å². The Morgan fingerprint density at radius 1 is 1.46 bits per heavy atom. The average Bonchev–Trinajstić information content (AvgIpc) is 3.24. The van der Waals surface area contributed by atoms with Crippen LogP contribution in [0.25, 0.3) is 0 Å². The second-order valence-electron chi connectivity index (χ2n) is 5.76. The van der Waals surface area contributed by atoms with Crippen molar-refractivity contribution in [2.45, 2.75) is 39.3 Å². The summed E-state index contributed by atoms with van der Waals surface area (Å²) in [6, 6.07) is 1.43. The van der Waals surface area contributed by atoms with Crippen LogP contribution >= 0.6 is 0 Å². The minimum absolute atomic E-state index is 0.0328. The molecule has 1 fully saturated rings. The van der Waals surface area contributed by atoms with E-state index in [1.807, 2.05) is 11.8 Å². The van der Waals surface area contributed by atoms with Gasteiger partial charge in [-0.1, -0.05) is 5.16 Å². The highest BCUT2D eigenvalue weighted by Crippen LogP contribution is 2.32. The van der Waals surface area contributed by atoms with Crippen LogP contribution in [0.1, 0.15) is 53.4 Å². The van der Waals surface area contributed by atoms with Gasteiger partial charge >= 0.3 is 0 Å². The van der Waals surface area contributed by atoms with E-state index in [4.69, 9.17) is 4.52 Å². The number of hydrogen-bond acceptors (Lipinski definition) is 6. The molecule has 2 aromatic rings. The van der Waals surface area contributed by atoms with Crippen LogP contribution in [0.5, 0.6) is 0 Å². The first-order valence-electron chi connectivity index (χ1n) is 7.84. The van der Waals surface area contributed by atoms with Gasteiger partial charge in [0.15, 0.2) is 0 Å². The van der Waals surface area contributed by atoms with Crippen molar-refractivity contribution in [1.82, 2.24) is 25.3 Å². The Kier molecular flexibility index (Phi) is 4.54. The maximum Gasteiger partial charge on any atom is 0.290 e. The molecule has 0 saturated carbocycles. The van der Waals surface area contributed by atoms with Gasteiger partial charge in [-0.15, -0.1) is 0 Å². The minimum Gasteiger partial charge on any atom is -0.351 e. The van der Waals surface area contributed by atoms with Crippen molar-refractivity contribution in [3.63, 3.8) is 0 Å². The molecule has 0 spiro atoms. The van der Waals surface area contributed by atoms with Gasteiger partial charge in [-0.25, -0.2) is 9.97 Å². The fourth-order valence-electron chi connectivity index (χ4n) is 2.96. The van der Waals surface area contributed by atoms with Crippen molar-refractivity contribution in [1.29, 1.82) is 0 Å². The van der Waals surface area contributed by atoms with Crippen molar-refractivity contribution in [2.75, 3.05) is 6.54 Å². The molecule has 2 aromatic heterocycles. The van der Waals surface area contributed by atoms with E-state index in [1.165, 1.54) is 12.3 Å². The molecule has 1 N–H and O–H groups in total. The largest absolute Gasteiger partial charge is 0.351 e. The van der Waals surface area contributed by atoms with Crippen molar-refractivity contribution >= 4 is 11.8 Å². The van der Waals surface area contributed by atoms with Gasteiger partial charge in [0.1, 0.15) is 5.82 Å². The van der Waals surface area contributed by atoms with Crippen molar-refractivity contribution < 1.29 is 14.1 Å². The van der Waals surface area contributed by atoms with Gasteiger partial charge in [-0.2, -0.15) is 0 Å². The van der Waals surface area contributed by atoms with Crippen LogP contribution in [0.15, 0.2) is 23.0 Å². The summed E-state index contributed by atoms with van der Waals surface area (Å²) in [5.74, 6) is 0.473. The molecule has 3 rings (SSSR count). The zero-order valence-corrected chi connectivity index (χ0v) is 13.7. The number of aromatic nitrogens is 3. The van der Waals surface area contributed by atoms with E-state index < -0.39 is 0 Å². The first-order valence-corrected chi connectivity index (χ1v) is 7.84. The molecule has 1 aliphatic heterocycles. The number of aryl methyl sites for hydroxylation is 1. The van der Waals surface area contributed by atoms with Crippen LogP contribution in [-0.4, -0.2) is 38.4 Å². The zero-order valence-electron chi connectivity index (χ0n) is 13.7. The number of nitrogens with one attached hydrogen (secondary N) is 1. The third kappa shape index (κ3) is 3.27. The number of likely N-dealkylation sites (tertiary alicyclic amines) is 1. The summed E-state index contributed by atoms with van der Waals surface area (Å²) in [7, 11) is 0. The van der Waals surface area contributed by atoms with E-state index in [9.17, 15) is 9.59 Å². The second-order valence-corrected chi connectivity index (χ2v) is 5.76. The highest BCUT2D eigenvalue weighted by Gasteiger charge is 2.31. The molecular formula is C16H19N5O3. The Hall–Kier alpha value is -2.77. The molecule has 8 heteroatoms. The molecular weight excluding hydrogens is 310 g/mol. The Labute approximate surface area is 139 Å². The highest BCUT2D eigenvalue weighted by atomic mass is 16.5. The average molecular weight is 329 g/mol. The van der Waals surface area contributed by atoms with Gasteiger partial charge in [0, 0.05) is 37.8 Å². The Balaban J connectivity index is 1.81. The number of hydrogen-bond donors (Lipinski definition) is 1. The molecule has 24 heavy (non-hydrogen) atoms. The van der Waals surface area contributed by atoms with Crippen LogP contribution in [0.3, 0.4) is 0 Å². The molecule has 3 heterocycles. The van der Waals surface area contributed by atoms with E-state index in [0.29, 0.717) is 5.82 Å². The summed E-state index contributed by atoms with van der Waals surface area (Å²) in [5, 5.41) is 6.29. The molecule has 0 bridgehead atoms. The Morgan fingerprint density at radius 2 is 2.29 bits per heavy atom. The summed E-state index contributed by atoms with van der Waals surface area (Å²) < 4.78 is 4.84. The summed E-state index contributed by atoms with van der Waals surface area (Å²) in [5.41, 5.74) is 1.60. The fraction of sp³-hybridized carbons (Fsp3) is 0.438. The van der Waals surface area contributed by atoms with Crippen molar-refractivity contribution in [2.24, 2.45) is 0 Å². The minimum atomic E-state index is -0.353. The lowest BCUT2D eigenvalue weighted by atomic mass is 10.1. The van der Waals surface area contributed by atoms with E-state index in [-0.39, 0.29) is 30.2 Å². The summed E-state index contributed by atoms with van der Waals surface area (Å²) in [4.78, 5) is 34.4. The molecule has 126 valence electrons. The molecule has 2 amide bonds. The molecule has 0 radical (unpaired) electrons. The fourth-order valence-corrected chi connectivity index (χ4v) is 2.96. The standard InChI is InChI=1S/C16H19N5O3/c1-10-17-8-12(9-18-16(23)14-5-6-19-24-14)15(20-10)13-4-3-7-21(13)11(2)22/h5-6,8,13H,3-4,7,9H2,1-2H3,(H,18,23)/t13-/m1/s1. The second kappa shape index (κ2) is 6.77. The van der Waals surface area contributed by atoms with Crippen LogP contribution < -0.4 is 5.32 Å². The van der Waals surface area contributed by atoms with Crippen molar-refractivity contribution in [3.05, 3.63) is 41.3 Å². The molecule has 1 atom stereocenters. The quantitative estimate of drug-likeness (QED) is 0.909. The molecule has 0 unspecified atom stereocenters. The Bertz CT molecular complexity index is 744. The maximum absolute atomic E-state index is 12.0. The van der Waals surface area contributed by atoms with Gasteiger partial charge in [0.25, 0.3) is 5.91 Å². The molecule has 0 aromatic carbocycles. The van der Waals surface area contributed by atoms with E-state index in [1.54, 1.807) is 13.1 Å². The van der Waals surface area contributed by atoms with Crippen LogP contribution in [0.2, 0.25) is 0 Å². The van der Waals surface area contributed by atoms with Gasteiger partial charge in [-0.3, -0.25) is 9.59 Å². The number of rotatable bonds is 4. The van der Waals surface area contributed by atoms with Gasteiger partial charge in [0.2, 0.25) is 11.7 Å². The van der Waals surface area contributed by atoms with Crippen molar-refractivity contribution in [3.8, 4) is 0 Å². The summed E-state index contributed by atoms with van der Waals surface area (Å²) in [6.45, 7) is 4.37. The van der Waals surface area contributed by atoms with Crippen LogP contribution in [-0.2, 0) is 11.3 Å². The molecule has 1 aliphatic rings. The molecule has 1 saturated heterocycles. The normalized spacial score (nSPS) is 17.1. The Morgan fingerprint density at radius 3 is 3.00 bits per heavy atom. The maximum atomic E-state index is 12.0.